The van der Waals surface area contributed by atoms with Crippen molar-refractivity contribution >= 4 is 23.5 Å². The molecule has 1 amide bonds. The zero-order chi connectivity index (χ0) is 16.6. The summed E-state index contributed by atoms with van der Waals surface area (Å²) in [5, 5.41) is 2.92. The number of likely N-dealkylation sites (tertiary alicyclic amines) is 1. The maximum atomic E-state index is 12.3. The van der Waals surface area contributed by atoms with Crippen molar-refractivity contribution in [1.82, 2.24) is 9.88 Å². The summed E-state index contributed by atoms with van der Waals surface area (Å²) in [5.74, 6) is 1.94. The standard InChI is InChI=1S/C19H23N3OS/c23-19(21-18-8-4-5-11-20-18)16-9-12-22(13-10-16)14-15-24-17-6-2-1-3-7-17/h1-8,11,16H,9-10,12-15H2,(H,20,21,23). The van der Waals surface area contributed by atoms with Gasteiger partial charge in [-0.25, -0.2) is 4.98 Å². The van der Waals surface area contributed by atoms with E-state index in [9.17, 15) is 4.79 Å². The van der Waals surface area contributed by atoms with Crippen LogP contribution in [0.3, 0.4) is 0 Å². The molecule has 1 aliphatic heterocycles. The Kier molecular flexibility index (Phi) is 6.26. The summed E-state index contributed by atoms with van der Waals surface area (Å²) in [4.78, 5) is 20.2. The Morgan fingerprint density at radius 3 is 2.58 bits per heavy atom. The number of hydrogen-bond acceptors (Lipinski definition) is 4. The fourth-order valence-corrected chi connectivity index (χ4v) is 3.83. The third-order valence-electron chi connectivity index (χ3n) is 4.29. The van der Waals surface area contributed by atoms with Crippen LogP contribution in [0.25, 0.3) is 0 Å². The van der Waals surface area contributed by atoms with Gasteiger partial charge < -0.3 is 10.2 Å². The van der Waals surface area contributed by atoms with Gasteiger partial charge in [-0.3, -0.25) is 4.79 Å². The highest BCUT2D eigenvalue weighted by molar-refractivity contribution is 7.99. The number of piperidine rings is 1. The quantitative estimate of drug-likeness (QED) is 0.817. The number of carbonyl (C=O) groups is 1. The second-order valence-electron chi connectivity index (χ2n) is 5.98. The van der Waals surface area contributed by atoms with Crippen molar-refractivity contribution in [3.05, 3.63) is 54.7 Å². The van der Waals surface area contributed by atoms with Crippen LogP contribution in [-0.2, 0) is 4.79 Å². The van der Waals surface area contributed by atoms with Crippen LogP contribution in [0.1, 0.15) is 12.8 Å². The maximum absolute atomic E-state index is 12.3. The molecule has 0 unspecified atom stereocenters. The van der Waals surface area contributed by atoms with Gasteiger partial charge in [0.2, 0.25) is 5.91 Å². The van der Waals surface area contributed by atoms with Crippen molar-refractivity contribution in [3.8, 4) is 0 Å². The van der Waals surface area contributed by atoms with Gasteiger partial charge in [-0.1, -0.05) is 24.3 Å². The van der Waals surface area contributed by atoms with Gasteiger partial charge in [-0.2, -0.15) is 0 Å². The fraction of sp³-hybridized carbons (Fsp3) is 0.368. The molecule has 0 atom stereocenters. The molecule has 0 aliphatic carbocycles. The van der Waals surface area contributed by atoms with E-state index in [2.05, 4.69) is 39.5 Å². The number of rotatable bonds is 6. The third kappa shape index (κ3) is 5.08. The van der Waals surface area contributed by atoms with Crippen molar-refractivity contribution in [2.24, 2.45) is 5.92 Å². The van der Waals surface area contributed by atoms with E-state index >= 15 is 0 Å². The number of benzene rings is 1. The van der Waals surface area contributed by atoms with Crippen LogP contribution in [0, 0.1) is 5.92 Å². The van der Waals surface area contributed by atoms with Gasteiger partial charge in [0.25, 0.3) is 0 Å². The van der Waals surface area contributed by atoms with E-state index in [4.69, 9.17) is 0 Å². The molecule has 1 aliphatic rings. The number of nitrogens with zero attached hydrogens (tertiary/aromatic N) is 2. The normalized spacial score (nSPS) is 16.0. The molecule has 126 valence electrons. The minimum Gasteiger partial charge on any atom is -0.310 e. The summed E-state index contributed by atoms with van der Waals surface area (Å²) in [6, 6.07) is 16.1. The Hall–Kier alpha value is -1.85. The third-order valence-corrected chi connectivity index (χ3v) is 5.29. The van der Waals surface area contributed by atoms with Crippen molar-refractivity contribution < 1.29 is 4.79 Å². The summed E-state index contributed by atoms with van der Waals surface area (Å²) in [7, 11) is 0. The van der Waals surface area contributed by atoms with Crippen LogP contribution in [0.5, 0.6) is 0 Å². The summed E-state index contributed by atoms with van der Waals surface area (Å²) in [5.41, 5.74) is 0. The lowest BCUT2D eigenvalue weighted by Gasteiger charge is -2.31. The first-order valence-corrected chi connectivity index (χ1v) is 9.42. The van der Waals surface area contributed by atoms with E-state index in [1.54, 1.807) is 6.20 Å². The van der Waals surface area contributed by atoms with E-state index in [1.165, 1.54) is 4.90 Å². The van der Waals surface area contributed by atoms with Crippen LogP contribution >= 0.6 is 11.8 Å². The summed E-state index contributed by atoms with van der Waals surface area (Å²) in [6.07, 6.45) is 3.55. The number of nitrogens with one attached hydrogen (secondary N) is 1. The SMILES string of the molecule is O=C(Nc1ccccn1)C1CCN(CCSc2ccccc2)CC1. The number of aromatic nitrogens is 1. The van der Waals surface area contributed by atoms with E-state index < -0.39 is 0 Å². The van der Waals surface area contributed by atoms with Crippen LogP contribution in [-0.4, -0.2) is 41.2 Å². The van der Waals surface area contributed by atoms with Crippen LogP contribution < -0.4 is 5.32 Å². The highest BCUT2D eigenvalue weighted by Gasteiger charge is 2.24. The van der Waals surface area contributed by atoms with E-state index in [0.717, 1.165) is 38.2 Å². The molecule has 2 aromatic rings. The lowest BCUT2D eigenvalue weighted by Crippen LogP contribution is -2.39. The van der Waals surface area contributed by atoms with Gasteiger partial charge in [-0.05, 0) is 50.2 Å². The first-order chi connectivity index (χ1) is 11.8. The number of thioether (sulfide) groups is 1. The van der Waals surface area contributed by atoms with Gasteiger partial charge in [0.05, 0.1) is 0 Å². The molecule has 5 heteroatoms. The summed E-state index contributed by atoms with van der Waals surface area (Å²) < 4.78 is 0. The Morgan fingerprint density at radius 1 is 1.12 bits per heavy atom. The number of amides is 1. The van der Waals surface area contributed by atoms with Crippen LogP contribution in [0.15, 0.2) is 59.6 Å². The predicted octanol–water partition coefficient (Wildman–Crippen LogP) is 3.52. The second-order valence-corrected chi connectivity index (χ2v) is 7.15. The minimum absolute atomic E-state index is 0.102. The number of carbonyl (C=O) groups excluding carboxylic acids is 1. The van der Waals surface area contributed by atoms with E-state index in [-0.39, 0.29) is 11.8 Å². The minimum atomic E-state index is 0.102. The first-order valence-electron chi connectivity index (χ1n) is 8.43. The van der Waals surface area contributed by atoms with Gasteiger partial charge in [0.15, 0.2) is 0 Å². The van der Waals surface area contributed by atoms with Crippen molar-refractivity contribution in [2.45, 2.75) is 17.7 Å². The molecule has 0 radical (unpaired) electrons. The molecule has 0 spiro atoms. The van der Waals surface area contributed by atoms with Crippen molar-refractivity contribution in [2.75, 3.05) is 30.7 Å². The van der Waals surface area contributed by atoms with Gasteiger partial charge in [0.1, 0.15) is 5.82 Å². The molecule has 1 aromatic carbocycles. The average Bonchev–Trinajstić information content (AvgIpc) is 2.64. The zero-order valence-corrected chi connectivity index (χ0v) is 14.5. The number of anilines is 1. The molecule has 3 rings (SSSR count). The lowest BCUT2D eigenvalue weighted by atomic mass is 9.96. The second kappa shape index (κ2) is 8.85. The molecule has 1 saturated heterocycles. The smallest absolute Gasteiger partial charge is 0.228 e. The monoisotopic (exact) mass is 341 g/mol. The van der Waals surface area contributed by atoms with E-state index in [1.807, 2.05) is 36.0 Å². The molecule has 24 heavy (non-hydrogen) atoms. The van der Waals surface area contributed by atoms with Crippen LogP contribution in [0.4, 0.5) is 5.82 Å². The lowest BCUT2D eigenvalue weighted by molar-refractivity contribution is -0.121. The summed E-state index contributed by atoms with van der Waals surface area (Å²) >= 11 is 1.89. The Balaban J connectivity index is 1.37. The Morgan fingerprint density at radius 2 is 1.88 bits per heavy atom. The molecule has 0 bridgehead atoms. The van der Waals surface area contributed by atoms with Crippen LogP contribution in [0.2, 0.25) is 0 Å². The molecule has 4 nitrogen and oxygen atoms in total. The molecule has 0 saturated carbocycles. The van der Waals surface area contributed by atoms with Crippen molar-refractivity contribution in [1.29, 1.82) is 0 Å². The van der Waals surface area contributed by atoms with Gasteiger partial charge >= 0.3 is 0 Å². The van der Waals surface area contributed by atoms with Crippen molar-refractivity contribution in [3.63, 3.8) is 0 Å². The molecule has 1 N–H and O–H groups in total. The zero-order valence-electron chi connectivity index (χ0n) is 13.7. The molecule has 1 fully saturated rings. The highest BCUT2D eigenvalue weighted by Crippen LogP contribution is 2.21. The molecular formula is C19H23N3OS. The highest BCUT2D eigenvalue weighted by atomic mass is 32.2. The number of hydrogen-bond donors (Lipinski definition) is 1. The fourth-order valence-electron chi connectivity index (χ4n) is 2.89. The topological polar surface area (TPSA) is 45.2 Å². The Bertz CT molecular complexity index is 628. The van der Waals surface area contributed by atoms with Gasteiger partial charge in [-0.15, -0.1) is 11.8 Å². The number of pyridine rings is 1. The summed E-state index contributed by atoms with van der Waals surface area (Å²) in [6.45, 7) is 3.07. The average molecular weight is 341 g/mol. The first kappa shape index (κ1) is 17.0. The predicted molar refractivity (Wildman–Crippen MR) is 99.2 cm³/mol. The van der Waals surface area contributed by atoms with Gasteiger partial charge in [0, 0.05) is 29.3 Å². The van der Waals surface area contributed by atoms with E-state index in [0.29, 0.717) is 5.82 Å². The molecule has 1 aromatic heterocycles. The molecular weight excluding hydrogens is 318 g/mol. The largest absolute Gasteiger partial charge is 0.310 e. The maximum Gasteiger partial charge on any atom is 0.228 e. The molecule has 2 heterocycles. The Labute approximate surface area is 147 Å².